The summed E-state index contributed by atoms with van der Waals surface area (Å²) in [6.07, 6.45) is 2.10. The number of esters is 1. The number of alkyl halides is 1. The first kappa shape index (κ1) is 26.5. The number of carbonyl (C=O) groups is 1. The molecule has 0 bridgehead atoms. The predicted octanol–water partition coefficient (Wildman–Crippen LogP) is 8.32. The van der Waals surface area contributed by atoms with Gasteiger partial charge in [-0.1, -0.05) is 44.2 Å². The van der Waals surface area contributed by atoms with Gasteiger partial charge in [-0.15, -0.1) is 0 Å². The highest BCUT2D eigenvalue weighted by atomic mass is 19.1. The van der Waals surface area contributed by atoms with Crippen LogP contribution in [0.2, 0.25) is 0 Å². The maximum absolute atomic E-state index is 15.1. The summed E-state index contributed by atoms with van der Waals surface area (Å²) in [5.74, 6) is 0.220. The third kappa shape index (κ3) is 4.38. The van der Waals surface area contributed by atoms with Gasteiger partial charge in [-0.05, 0) is 103 Å². The summed E-state index contributed by atoms with van der Waals surface area (Å²) in [5.41, 5.74) is 4.05. The second-order valence-electron chi connectivity index (χ2n) is 12.1. The van der Waals surface area contributed by atoms with Crippen molar-refractivity contribution < 1.29 is 23.0 Å². The fraction of sp³-hybridized carbons (Fsp3) is 0.382. The van der Waals surface area contributed by atoms with Gasteiger partial charge in [0.2, 0.25) is 5.67 Å². The molecule has 2 saturated carbocycles. The standard InChI is InChI=1S/C34H35F2NO3/c1-21(2)31-30(24-16-33(17-24)19-34(36,20-33)32(38)39-4)27-15-26(40-18-23-8-6-5-7-9-23)11-13-29(27)37(31)25-10-12-28(35)22(3)14-25/h5-15,21,24H,16-20H2,1-4H3. The molecular formula is C34H35F2NO3. The first-order valence-corrected chi connectivity index (χ1v) is 14.0. The van der Waals surface area contributed by atoms with Crippen LogP contribution in [0.4, 0.5) is 8.78 Å². The number of methoxy groups -OCH3 is 1. The number of hydrogen-bond acceptors (Lipinski definition) is 3. The molecule has 6 rings (SSSR count). The molecule has 4 nitrogen and oxygen atoms in total. The molecule has 2 aliphatic rings. The number of aromatic nitrogens is 1. The topological polar surface area (TPSA) is 40.5 Å². The Labute approximate surface area is 233 Å². The molecule has 0 saturated heterocycles. The van der Waals surface area contributed by atoms with Gasteiger partial charge in [0.25, 0.3) is 0 Å². The minimum absolute atomic E-state index is 0.163. The van der Waals surface area contributed by atoms with E-state index in [4.69, 9.17) is 9.47 Å². The summed E-state index contributed by atoms with van der Waals surface area (Å²) in [6.45, 7) is 6.61. The number of benzene rings is 3. The summed E-state index contributed by atoms with van der Waals surface area (Å²) >= 11 is 0. The van der Waals surface area contributed by atoms with Gasteiger partial charge >= 0.3 is 5.97 Å². The van der Waals surface area contributed by atoms with E-state index in [1.807, 2.05) is 48.5 Å². The molecule has 0 aliphatic heterocycles. The third-order valence-electron chi connectivity index (χ3n) is 8.84. The molecule has 0 unspecified atom stereocenters. The van der Waals surface area contributed by atoms with Crippen LogP contribution in [-0.2, 0) is 16.1 Å². The van der Waals surface area contributed by atoms with Crippen LogP contribution in [0.5, 0.6) is 5.75 Å². The summed E-state index contributed by atoms with van der Waals surface area (Å²) < 4.78 is 42.5. The van der Waals surface area contributed by atoms with Crippen LogP contribution in [0, 0.1) is 18.2 Å². The fourth-order valence-electron chi connectivity index (χ4n) is 7.13. The van der Waals surface area contributed by atoms with Crippen molar-refractivity contribution in [1.29, 1.82) is 0 Å². The largest absolute Gasteiger partial charge is 0.489 e. The molecule has 1 heterocycles. The van der Waals surface area contributed by atoms with Crippen molar-refractivity contribution in [3.63, 3.8) is 0 Å². The van der Waals surface area contributed by atoms with E-state index < -0.39 is 11.6 Å². The number of nitrogens with zero attached hydrogens (tertiary/aromatic N) is 1. The number of rotatable bonds is 7. The minimum atomic E-state index is -1.86. The normalized spacial score (nSPS) is 23.7. The van der Waals surface area contributed by atoms with Crippen LogP contribution in [-0.4, -0.2) is 23.3 Å². The molecule has 0 amide bonds. The lowest BCUT2D eigenvalue weighted by Crippen LogP contribution is -2.59. The van der Waals surface area contributed by atoms with Crippen molar-refractivity contribution in [2.75, 3.05) is 7.11 Å². The fourth-order valence-corrected chi connectivity index (χ4v) is 7.13. The van der Waals surface area contributed by atoms with Gasteiger partial charge in [-0.25, -0.2) is 13.6 Å². The highest BCUT2D eigenvalue weighted by Crippen LogP contribution is 2.67. The lowest BCUT2D eigenvalue weighted by atomic mass is 9.46. The van der Waals surface area contributed by atoms with Gasteiger partial charge in [0.15, 0.2) is 0 Å². The van der Waals surface area contributed by atoms with Gasteiger partial charge in [-0.2, -0.15) is 0 Å². The van der Waals surface area contributed by atoms with Crippen LogP contribution in [0.15, 0.2) is 66.7 Å². The number of aryl methyl sites for hydroxylation is 1. The first-order chi connectivity index (χ1) is 19.1. The molecule has 40 heavy (non-hydrogen) atoms. The molecular weight excluding hydrogens is 508 g/mol. The monoisotopic (exact) mass is 543 g/mol. The second kappa shape index (κ2) is 9.76. The Morgan fingerprint density at radius 2 is 1.77 bits per heavy atom. The van der Waals surface area contributed by atoms with Gasteiger partial charge in [0.1, 0.15) is 18.2 Å². The van der Waals surface area contributed by atoms with Crippen molar-refractivity contribution in [2.45, 2.75) is 70.6 Å². The van der Waals surface area contributed by atoms with E-state index in [0.717, 1.165) is 40.7 Å². The number of fused-ring (bicyclic) bond motifs is 1. The Balaban J connectivity index is 1.41. The summed E-state index contributed by atoms with van der Waals surface area (Å²) in [4.78, 5) is 12.0. The Kier molecular flexibility index (Phi) is 6.47. The van der Waals surface area contributed by atoms with E-state index in [-0.39, 0.29) is 35.9 Å². The van der Waals surface area contributed by atoms with Crippen molar-refractivity contribution >= 4 is 16.9 Å². The zero-order valence-electron chi connectivity index (χ0n) is 23.5. The summed E-state index contributed by atoms with van der Waals surface area (Å²) in [5, 5.41) is 1.11. The molecule has 1 spiro atoms. The highest BCUT2D eigenvalue weighted by molar-refractivity contribution is 5.90. The maximum atomic E-state index is 15.1. The van der Waals surface area contributed by atoms with Gasteiger partial charge < -0.3 is 14.0 Å². The zero-order valence-corrected chi connectivity index (χ0v) is 23.5. The Morgan fingerprint density at radius 3 is 2.42 bits per heavy atom. The third-order valence-corrected chi connectivity index (χ3v) is 8.84. The van der Waals surface area contributed by atoms with Crippen LogP contribution in [0.1, 0.15) is 73.8 Å². The van der Waals surface area contributed by atoms with Gasteiger partial charge in [0.05, 0.1) is 12.6 Å². The van der Waals surface area contributed by atoms with Crippen LogP contribution in [0.25, 0.3) is 16.6 Å². The van der Waals surface area contributed by atoms with Crippen LogP contribution in [0.3, 0.4) is 0 Å². The van der Waals surface area contributed by atoms with Crippen molar-refractivity contribution in [1.82, 2.24) is 4.57 Å². The Hall–Kier alpha value is -3.67. The molecule has 0 radical (unpaired) electrons. The number of carbonyl (C=O) groups excluding carboxylic acids is 1. The quantitative estimate of drug-likeness (QED) is 0.220. The summed E-state index contributed by atoms with van der Waals surface area (Å²) in [6, 6.07) is 21.5. The van der Waals surface area contributed by atoms with E-state index in [1.54, 1.807) is 6.92 Å². The second-order valence-corrected chi connectivity index (χ2v) is 12.1. The molecule has 6 heteroatoms. The zero-order chi connectivity index (χ0) is 28.2. The molecule has 208 valence electrons. The van der Waals surface area contributed by atoms with E-state index >= 15 is 4.39 Å². The van der Waals surface area contributed by atoms with Crippen LogP contribution < -0.4 is 4.74 Å². The smallest absolute Gasteiger partial charge is 0.343 e. The van der Waals surface area contributed by atoms with E-state index in [2.05, 4.69) is 30.5 Å². The summed E-state index contributed by atoms with van der Waals surface area (Å²) in [7, 11) is 1.25. The number of ether oxygens (including phenoxy) is 2. The maximum Gasteiger partial charge on any atom is 0.343 e. The Morgan fingerprint density at radius 1 is 1.05 bits per heavy atom. The molecule has 2 aliphatic carbocycles. The molecule has 2 fully saturated rings. The van der Waals surface area contributed by atoms with Gasteiger partial charge in [0, 0.05) is 16.8 Å². The van der Waals surface area contributed by atoms with Gasteiger partial charge in [-0.3, -0.25) is 0 Å². The molecule has 3 aromatic carbocycles. The molecule has 1 aromatic heterocycles. The molecule has 4 aromatic rings. The number of halogens is 2. The first-order valence-electron chi connectivity index (χ1n) is 14.0. The van der Waals surface area contributed by atoms with Crippen molar-refractivity contribution in [3.8, 4) is 11.4 Å². The lowest BCUT2D eigenvalue weighted by molar-refractivity contribution is -0.184. The average Bonchev–Trinajstić information content (AvgIpc) is 3.24. The van der Waals surface area contributed by atoms with E-state index in [9.17, 15) is 9.18 Å². The number of hydrogen-bond donors (Lipinski definition) is 0. The molecule has 0 atom stereocenters. The van der Waals surface area contributed by atoms with E-state index in [0.29, 0.717) is 12.2 Å². The van der Waals surface area contributed by atoms with Crippen LogP contribution >= 0.6 is 0 Å². The average molecular weight is 544 g/mol. The van der Waals surface area contributed by atoms with Crippen molar-refractivity contribution in [3.05, 3.63) is 94.9 Å². The molecule has 0 N–H and O–H groups in total. The predicted molar refractivity (Wildman–Crippen MR) is 152 cm³/mol. The Bertz CT molecular complexity index is 1580. The minimum Gasteiger partial charge on any atom is -0.489 e. The highest BCUT2D eigenvalue weighted by Gasteiger charge is 2.65. The van der Waals surface area contributed by atoms with Crippen molar-refractivity contribution in [2.24, 2.45) is 5.41 Å². The van der Waals surface area contributed by atoms with E-state index in [1.165, 1.54) is 24.4 Å². The SMILES string of the molecule is COC(=O)C1(F)CC2(CC(c3c(C(C)C)n(-c4ccc(F)c(C)c4)c4ccc(OCc5ccccc5)cc34)C2)C1. The lowest BCUT2D eigenvalue weighted by Gasteiger charge is -2.59.